The minimum absolute atomic E-state index is 0.0249. The number of nitrogens with one attached hydrogen (secondary N) is 1. The zero-order valence-electron chi connectivity index (χ0n) is 10.3. The van der Waals surface area contributed by atoms with Gasteiger partial charge in [0.05, 0.1) is 12.6 Å². The van der Waals surface area contributed by atoms with E-state index in [0.29, 0.717) is 12.6 Å². The molecule has 0 aromatic rings. The number of piperazine rings is 1. The first kappa shape index (κ1) is 12.4. The van der Waals surface area contributed by atoms with E-state index in [4.69, 9.17) is 4.74 Å². The molecule has 1 N–H and O–H groups in total. The van der Waals surface area contributed by atoms with Gasteiger partial charge >= 0.3 is 0 Å². The molecule has 0 radical (unpaired) electrons. The molecule has 2 amide bonds. The highest BCUT2D eigenvalue weighted by Crippen LogP contribution is 2.17. The number of carbonyl (C=O) groups is 2. The largest absolute Gasteiger partial charge is 0.378 e. The van der Waals surface area contributed by atoms with Crippen LogP contribution >= 0.6 is 0 Å². The van der Waals surface area contributed by atoms with Crippen molar-refractivity contribution in [2.45, 2.75) is 44.8 Å². The SMILES string of the molecule is CC1NC(=O)CN(CCCC2CCCO2)C1=O. The average Bonchev–Trinajstić information content (AvgIpc) is 2.78. The third-order valence-corrected chi connectivity index (χ3v) is 3.37. The second-order valence-electron chi connectivity index (χ2n) is 4.83. The topological polar surface area (TPSA) is 58.6 Å². The van der Waals surface area contributed by atoms with Crippen molar-refractivity contribution in [2.24, 2.45) is 0 Å². The summed E-state index contributed by atoms with van der Waals surface area (Å²) in [6.07, 6.45) is 4.54. The van der Waals surface area contributed by atoms with Crippen molar-refractivity contribution in [3.8, 4) is 0 Å². The zero-order valence-corrected chi connectivity index (χ0v) is 10.3. The van der Waals surface area contributed by atoms with Crippen molar-refractivity contribution >= 4 is 11.8 Å². The monoisotopic (exact) mass is 240 g/mol. The highest BCUT2D eigenvalue weighted by atomic mass is 16.5. The van der Waals surface area contributed by atoms with Gasteiger partial charge in [-0.25, -0.2) is 0 Å². The van der Waals surface area contributed by atoms with Gasteiger partial charge in [-0.1, -0.05) is 0 Å². The van der Waals surface area contributed by atoms with E-state index in [-0.39, 0.29) is 24.4 Å². The van der Waals surface area contributed by atoms with Crippen molar-refractivity contribution in [3.63, 3.8) is 0 Å². The van der Waals surface area contributed by atoms with Crippen LogP contribution < -0.4 is 5.32 Å². The van der Waals surface area contributed by atoms with Gasteiger partial charge in [-0.2, -0.15) is 0 Å². The lowest BCUT2D eigenvalue weighted by atomic mass is 10.1. The van der Waals surface area contributed by atoms with Crippen LogP contribution in [0.1, 0.15) is 32.6 Å². The Kier molecular flexibility index (Phi) is 3.99. The summed E-state index contributed by atoms with van der Waals surface area (Å²) in [6.45, 7) is 3.46. The van der Waals surface area contributed by atoms with Crippen LogP contribution in [-0.4, -0.2) is 48.6 Å². The molecule has 2 atom stereocenters. The molecule has 96 valence electrons. The predicted octanol–water partition coefficient (Wildman–Crippen LogP) is 0.292. The Morgan fingerprint density at radius 1 is 1.47 bits per heavy atom. The summed E-state index contributed by atoms with van der Waals surface area (Å²) >= 11 is 0. The molecule has 0 spiro atoms. The maximum absolute atomic E-state index is 11.8. The van der Waals surface area contributed by atoms with Gasteiger partial charge in [0.15, 0.2) is 0 Å². The molecule has 2 heterocycles. The molecule has 2 aliphatic heterocycles. The fourth-order valence-electron chi connectivity index (χ4n) is 2.45. The smallest absolute Gasteiger partial charge is 0.245 e. The fourth-order valence-corrected chi connectivity index (χ4v) is 2.45. The van der Waals surface area contributed by atoms with Gasteiger partial charge in [-0.15, -0.1) is 0 Å². The van der Waals surface area contributed by atoms with Gasteiger partial charge in [0.2, 0.25) is 11.8 Å². The minimum atomic E-state index is -0.376. The molecule has 2 rings (SSSR count). The second kappa shape index (κ2) is 5.49. The van der Waals surface area contributed by atoms with Gasteiger partial charge in [0, 0.05) is 13.2 Å². The Morgan fingerprint density at radius 2 is 2.29 bits per heavy atom. The Balaban J connectivity index is 1.73. The van der Waals surface area contributed by atoms with E-state index in [1.165, 1.54) is 0 Å². The van der Waals surface area contributed by atoms with Crippen LogP contribution in [0.5, 0.6) is 0 Å². The van der Waals surface area contributed by atoms with Crippen molar-refractivity contribution < 1.29 is 14.3 Å². The summed E-state index contributed by atoms with van der Waals surface area (Å²) in [5, 5.41) is 2.64. The molecule has 0 saturated carbocycles. The van der Waals surface area contributed by atoms with E-state index in [9.17, 15) is 9.59 Å². The number of ether oxygens (including phenoxy) is 1. The van der Waals surface area contributed by atoms with Crippen molar-refractivity contribution in [3.05, 3.63) is 0 Å². The van der Waals surface area contributed by atoms with Gasteiger partial charge in [0.25, 0.3) is 0 Å². The van der Waals surface area contributed by atoms with Gasteiger partial charge in [-0.3, -0.25) is 9.59 Å². The molecule has 0 aromatic carbocycles. The highest BCUT2D eigenvalue weighted by Gasteiger charge is 2.29. The number of hydrogen-bond acceptors (Lipinski definition) is 3. The minimum Gasteiger partial charge on any atom is -0.378 e. The van der Waals surface area contributed by atoms with Crippen LogP contribution in [0.15, 0.2) is 0 Å². The molecule has 17 heavy (non-hydrogen) atoms. The van der Waals surface area contributed by atoms with Crippen LogP contribution in [-0.2, 0) is 14.3 Å². The van der Waals surface area contributed by atoms with Crippen LogP contribution in [0, 0.1) is 0 Å². The average molecular weight is 240 g/mol. The van der Waals surface area contributed by atoms with E-state index in [1.54, 1.807) is 11.8 Å². The van der Waals surface area contributed by atoms with E-state index in [1.807, 2.05) is 0 Å². The molecular weight excluding hydrogens is 220 g/mol. The van der Waals surface area contributed by atoms with Gasteiger partial charge < -0.3 is 15.0 Å². The molecule has 2 fully saturated rings. The highest BCUT2D eigenvalue weighted by molar-refractivity contribution is 5.94. The first-order chi connectivity index (χ1) is 8.16. The first-order valence-corrected chi connectivity index (χ1v) is 6.36. The summed E-state index contributed by atoms with van der Waals surface area (Å²) in [5.41, 5.74) is 0. The Bertz CT molecular complexity index is 300. The van der Waals surface area contributed by atoms with Crippen molar-refractivity contribution in [2.75, 3.05) is 19.7 Å². The molecule has 2 saturated heterocycles. The number of carbonyl (C=O) groups excluding carboxylic acids is 2. The summed E-state index contributed by atoms with van der Waals surface area (Å²) in [6, 6.07) is -0.376. The van der Waals surface area contributed by atoms with Crippen LogP contribution in [0.2, 0.25) is 0 Å². The van der Waals surface area contributed by atoms with Crippen LogP contribution in [0.4, 0.5) is 0 Å². The lowest BCUT2D eigenvalue weighted by molar-refractivity contribution is -0.143. The molecule has 5 nitrogen and oxygen atoms in total. The first-order valence-electron chi connectivity index (χ1n) is 6.36. The van der Waals surface area contributed by atoms with Gasteiger partial charge in [-0.05, 0) is 32.6 Å². The third-order valence-electron chi connectivity index (χ3n) is 3.37. The second-order valence-corrected chi connectivity index (χ2v) is 4.83. The summed E-state index contributed by atoms with van der Waals surface area (Å²) in [7, 11) is 0. The normalized spacial score (nSPS) is 29.6. The molecule has 5 heteroatoms. The Hall–Kier alpha value is -1.10. The van der Waals surface area contributed by atoms with Gasteiger partial charge in [0.1, 0.15) is 6.04 Å². The molecule has 2 aliphatic rings. The van der Waals surface area contributed by atoms with E-state index in [2.05, 4.69) is 5.32 Å². The zero-order chi connectivity index (χ0) is 12.3. The summed E-state index contributed by atoms with van der Waals surface area (Å²) in [5.74, 6) is -0.0360. The van der Waals surface area contributed by atoms with Crippen molar-refractivity contribution in [1.82, 2.24) is 10.2 Å². The fraction of sp³-hybridized carbons (Fsp3) is 0.833. The molecule has 2 unspecified atom stereocenters. The molecule has 0 bridgehead atoms. The summed E-state index contributed by atoms with van der Waals surface area (Å²) in [4.78, 5) is 24.7. The number of rotatable bonds is 4. The quantitative estimate of drug-likeness (QED) is 0.768. The number of amides is 2. The standard InChI is InChI=1S/C12H20N2O3/c1-9-12(16)14(8-11(15)13-9)6-2-4-10-5-3-7-17-10/h9-10H,2-8H2,1H3,(H,13,15). The summed E-state index contributed by atoms with van der Waals surface area (Å²) < 4.78 is 5.53. The molecule has 0 aromatic heterocycles. The Labute approximate surface area is 101 Å². The van der Waals surface area contributed by atoms with Crippen molar-refractivity contribution in [1.29, 1.82) is 0 Å². The number of nitrogens with zero attached hydrogens (tertiary/aromatic N) is 1. The van der Waals surface area contributed by atoms with E-state index < -0.39 is 0 Å². The molecule has 0 aliphatic carbocycles. The predicted molar refractivity (Wildman–Crippen MR) is 62.4 cm³/mol. The van der Waals surface area contributed by atoms with E-state index in [0.717, 1.165) is 32.3 Å². The molecular formula is C12H20N2O3. The number of hydrogen-bond donors (Lipinski definition) is 1. The third kappa shape index (κ3) is 3.19. The van der Waals surface area contributed by atoms with E-state index >= 15 is 0 Å². The Morgan fingerprint density at radius 3 is 3.00 bits per heavy atom. The lowest BCUT2D eigenvalue weighted by Gasteiger charge is -2.30. The maximum Gasteiger partial charge on any atom is 0.245 e. The van der Waals surface area contributed by atoms with Crippen LogP contribution in [0.3, 0.4) is 0 Å². The lowest BCUT2D eigenvalue weighted by Crippen LogP contribution is -2.56. The maximum atomic E-state index is 11.8. The van der Waals surface area contributed by atoms with Crippen LogP contribution in [0.25, 0.3) is 0 Å².